The fourth-order valence-electron chi connectivity index (χ4n) is 2.00. The van der Waals surface area contributed by atoms with Gasteiger partial charge in [0.25, 0.3) is 0 Å². The lowest BCUT2D eigenvalue weighted by molar-refractivity contribution is 0.0695. The van der Waals surface area contributed by atoms with Crippen LogP contribution in [0.4, 0.5) is 4.79 Å². The van der Waals surface area contributed by atoms with Gasteiger partial charge in [-0.3, -0.25) is 0 Å². The number of carboxylic acids is 1. The molecule has 0 bridgehead atoms. The molecule has 1 aliphatic carbocycles. The van der Waals surface area contributed by atoms with Gasteiger partial charge in [-0.05, 0) is 30.9 Å². The van der Waals surface area contributed by atoms with Gasteiger partial charge in [-0.1, -0.05) is 18.2 Å². The van der Waals surface area contributed by atoms with E-state index in [9.17, 15) is 9.59 Å². The lowest BCUT2D eigenvalue weighted by Crippen LogP contribution is -2.39. The largest absolute Gasteiger partial charge is 0.478 e. The number of hydrogen-bond donors (Lipinski definition) is 2. The van der Waals surface area contributed by atoms with Crippen LogP contribution >= 0.6 is 0 Å². The summed E-state index contributed by atoms with van der Waals surface area (Å²) in [7, 11) is 1.79. The highest BCUT2D eigenvalue weighted by Gasteiger charge is 2.29. The van der Waals surface area contributed by atoms with E-state index in [1.165, 1.54) is 0 Å². The SMILES string of the molecule is CN(C(=O)NCCc1ccccc1C(=O)O)C1CC1. The first-order valence-electron chi connectivity index (χ1n) is 6.41. The number of nitrogens with one attached hydrogen (secondary N) is 1. The zero-order valence-corrected chi connectivity index (χ0v) is 10.9. The van der Waals surface area contributed by atoms with Crippen LogP contribution in [0.3, 0.4) is 0 Å². The second kappa shape index (κ2) is 5.73. The van der Waals surface area contributed by atoms with Crippen LogP contribution in [0.25, 0.3) is 0 Å². The smallest absolute Gasteiger partial charge is 0.335 e. The zero-order chi connectivity index (χ0) is 13.8. The van der Waals surface area contributed by atoms with Gasteiger partial charge in [0.15, 0.2) is 0 Å². The van der Waals surface area contributed by atoms with Crippen LogP contribution in [-0.4, -0.2) is 41.6 Å². The third kappa shape index (κ3) is 3.47. The molecule has 1 aromatic carbocycles. The number of hydrogen-bond acceptors (Lipinski definition) is 2. The van der Waals surface area contributed by atoms with Crippen molar-refractivity contribution in [1.29, 1.82) is 0 Å². The number of rotatable bonds is 5. The molecule has 1 fully saturated rings. The molecule has 5 heteroatoms. The van der Waals surface area contributed by atoms with E-state index in [0.717, 1.165) is 18.4 Å². The summed E-state index contributed by atoms with van der Waals surface area (Å²) in [4.78, 5) is 24.5. The highest BCUT2D eigenvalue weighted by atomic mass is 16.4. The van der Waals surface area contributed by atoms with Gasteiger partial charge in [-0.15, -0.1) is 0 Å². The first-order valence-corrected chi connectivity index (χ1v) is 6.41. The van der Waals surface area contributed by atoms with Crippen molar-refractivity contribution in [2.75, 3.05) is 13.6 Å². The van der Waals surface area contributed by atoms with Crippen LogP contribution in [0.15, 0.2) is 24.3 Å². The highest BCUT2D eigenvalue weighted by molar-refractivity contribution is 5.89. The van der Waals surface area contributed by atoms with Gasteiger partial charge in [0, 0.05) is 19.6 Å². The van der Waals surface area contributed by atoms with Gasteiger partial charge in [0.2, 0.25) is 0 Å². The van der Waals surface area contributed by atoms with Crippen LogP contribution in [0.5, 0.6) is 0 Å². The summed E-state index contributed by atoms with van der Waals surface area (Å²) in [5.74, 6) is -0.933. The van der Waals surface area contributed by atoms with Crippen molar-refractivity contribution < 1.29 is 14.7 Å². The van der Waals surface area contributed by atoms with Crippen molar-refractivity contribution in [2.45, 2.75) is 25.3 Å². The maximum atomic E-state index is 11.7. The van der Waals surface area contributed by atoms with Crippen molar-refractivity contribution >= 4 is 12.0 Å². The molecule has 1 saturated carbocycles. The standard InChI is InChI=1S/C14H18N2O3/c1-16(11-6-7-11)14(19)15-9-8-10-4-2-3-5-12(10)13(17)18/h2-5,11H,6-9H2,1H3,(H,15,19)(H,17,18). The molecule has 0 aliphatic heterocycles. The van der Waals surface area contributed by atoms with Crippen molar-refractivity contribution in [3.05, 3.63) is 35.4 Å². The molecular formula is C14H18N2O3. The quantitative estimate of drug-likeness (QED) is 0.849. The molecule has 0 saturated heterocycles. The number of aromatic carboxylic acids is 1. The number of carboxylic acid groups (broad SMARTS) is 1. The molecule has 0 aromatic heterocycles. The summed E-state index contributed by atoms with van der Waals surface area (Å²) in [5, 5.41) is 11.9. The monoisotopic (exact) mass is 262 g/mol. The van der Waals surface area contributed by atoms with Gasteiger partial charge < -0.3 is 15.3 Å². The van der Waals surface area contributed by atoms with Gasteiger partial charge in [0.05, 0.1) is 5.56 Å². The fraction of sp³-hybridized carbons (Fsp3) is 0.429. The summed E-state index contributed by atoms with van der Waals surface area (Å²) in [6.07, 6.45) is 2.67. The summed E-state index contributed by atoms with van der Waals surface area (Å²) in [6, 6.07) is 7.16. The molecule has 5 nitrogen and oxygen atoms in total. The average molecular weight is 262 g/mol. The predicted octanol–water partition coefficient (Wildman–Crippen LogP) is 1.73. The molecule has 19 heavy (non-hydrogen) atoms. The van der Waals surface area contributed by atoms with Crippen LogP contribution in [-0.2, 0) is 6.42 Å². The number of nitrogens with zero attached hydrogens (tertiary/aromatic N) is 1. The molecule has 2 amide bonds. The van der Waals surface area contributed by atoms with Crippen LogP contribution < -0.4 is 5.32 Å². The van der Waals surface area contributed by atoms with Gasteiger partial charge in [-0.25, -0.2) is 9.59 Å². The van der Waals surface area contributed by atoms with E-state index in [1.807, 2.05) is 0 Å². The Labute approximate surface area is 112 Å². The minimum atomic E-state index is -0.933. The molecule has 2 rings (SSSR count). The molecule has 0 spiro atoms. The predicted molar refractivity (Wildman–Crippen MR) is 71.3 cm³/mol. The average Bonchev–Trinajstić information content (AvgIpc) is 3.22. The summed E-state index contributed by atoms with van der Waals surface area (Å²) < 4.78 is 0. The Morgan fingerprint density at radius 3 is 2.68 bits per heavy atom. The third-order valence-electron chi connectivity index (χ3n) is 3.33. The van der Waals surface area contributed by atoms with Crippen molar-refractivity contribution in [3.8, 4) is 0 Å². The minimum Gasteiger partial charge on any atom is -0.478 e. The van der Waals surface area contributed by atoms with Gasteiger partial charge >= 0.3 is 12.0 Å². The highest BCUT2D eigenvalue weighted by Crippen LogP contribution is 2.25. The fourth-order valence-corrected chi connectivity index (χ4v) is 2.00. The second-order valence-corrected chi connectivity index (χ2v) is 4.79. The van der Waals surface area contributed by atoms with Crippen LogP contribution in [0, 0.1) is 0 Å². The number of benzene rings is 1. The van der Waals surface area contributed by atoms with E-state index >= 15 is 0 Å². The Hall–Kier alpha value is -2.04. The Kier molecular flexibility index (Phi) is 4.04. The van der Waals surface area contributed by atoms with E-state index in [2.05, 4.69) is 5.32 Å². The van der Waals surface area contributed by atoms with Crippen LogP contribution in [0.1, 0.15) is 28.8 Å². The van der Waals surface area contributed by atoms with E-state index in [1.54, 1.807) is 36.2 Å². The van der Waals surface area contributed by atoms with Crippen molar-refractivity contribution in [3.63, 3.8) is 0 Å². The number of carbonyl (C=O) groups is 2. The molecule has 0 atom stereocenters. The van der Waals surface area contributed by atoms with Gasteiger partial charge in [-0.2, -0.15) is 0 Å². The Morgan fingerprint density at radius 2 is 2.05 bits per heavy atom. The van der Waals surface area contributed by atoms with E-state index in [4.69, 9.17) is 5.11 Å². The lowest BCUT2D eigenvalue weighted by Gasteiger charge is -2.17. The molecule has 0 radical (unpaired) electrons. The second-order valence-electron chi connectivity index (χ2n) is 4.79. The topological polar surface area (TPSA) is 69.6 Å². The summed E-state index contributed by atoms with van der Waals surface area (Å²) in [6.45, 7) is 0.445. The zero-order valence-electron chi connectivity index (χ0n) is 10.9. The normalized spacial score (nSPS) is 13.9. The van der Waals surface area contributed by atoms with Crippen molar-refractivity contribution in [1.82, 2.24) is 10.2 Å². The molecule has 2 N–H and O–H groups in total. The van der Waals surface area contributed by atoms with Crippen molar-refractivity contribution in [2.24, 2.45) is 0 Å². The maximum absolute atomic E-state index is 11.7. The number of amides is 2. The Balaban J connectivity index is 1.85. The van der Waals surface area contributed by atoms with E-state index < -0.39 is 5.97 Å². The van der Waals surface area contributed by atoms with Gasteiger partial charge in [0.1, 0.15) is 0 Å². The Bertz CT molecular complexity index is 483. The number of urea groups is 1. The summed E-state index contributed by atoms with van der Waals surface area (Å²) >= 11 is 0. The molecule has 1 aromatic rings. The molecule has 0 unspecified atom stereocenters. The van der Waals surface area contributed by atoms with E-state index in [-0.39, 0.29) is 6.03 Å². The molecule has 1 aliphatic rings. The number of carbonyl (C=O) groups excluding carboxylic acids is 1. The first-order chi connectivity index (χ1) is 9.09. The van der Waals surface area contributed by atoms with Crippen LogP contribution in [0.2, 0.25) is 0 Å². The minimum absolute atomic E-state index is 0.0877. The molecule has 0 heterocycles. The third-order valence-corrected chi connectivity index (χ3v) is 3.33. The maximum Gasteiger partial charge on any atom is 0.335 e. The van der Waals surface area contributed by atoms with E-state index in [0.29, 0.717) is 24.6 Å². The summed E-state index contributed by atoms with van der Waals surface area (Å²) in [5.41, 5.74) is 1.04. The molecule has 102 valence electrons. The first kappa shape index (κ1) is 13.4. The lowest BCUT2D eigenvalue weighted by atomic mass is 10.0. The Morgan fingerprint density at radius 1 is 1.37 bits per heavy atom. The molecular weight excluding hydrogens is 244 g/mol.